The molecule has 0 atom stereocenters. The van der Waals surface area contributed by atoms with Gasteiger partial charge in [0.25, 0.3) is 0 Å². The molecule has 1 aromatic rings. The molecule has 0 radical (unpaired) electrons. The fourth-order valence-corrected chi connectivity index (χ4v) is 0.900. The minimum absolute atomic E-state index is 0.226. The van der Waals surface area contributed by atoms with Crippen LogP contribution in [0.4, 0.5) is 15.8 Å². The van der Waals surface area contributed by atoms with Gasteiger partial charge < -0.3 is 11.1 Å². The standard InChI is InChI=1S/C8H11FN2/c1-5-3-6(11-2)4-7(9)8(5)10/h3-4,11H,10H2,1-2H3. The van der Waals surface area contributed by atoms with E-state index >= 15 is 0 Å². The lowest BCUT2D eigenvalue weighted by Crippen LogP contribution is -1.97. The van der Waals surface area contributed by atoms with E-state index in [1.54, 1.807) is 20.0 Å². The number of hydrogen-bond acceptors (Lipinski definition) is 2. The van der Waals surface area contributed by atoms with Crippen LogP contribution in [-0.2, 0) is 0 Å². The normalized spacial score (nSPS) is 9.73. The van der Waals surface area contributed by atoms with Gasteiger partial charge in [-0.2, -0.15) is 0 Å². The van der Waals surface area contributed by atoms with Crippen molar-refractivity contribution in [1.29, 1.82) is 0 Å². The summed E-state index contributed by atoms with van der Waals surface area (Å²) in [5, 5.41) is 2.84. The molecule has 0 bridgehead atoms. The van der Waals surface area contributed by atoms with Gasteiger partial charge in [-0.1, -0.05) is 0 Å². The van der Waals surface area contributed by atoms with Gasteiger partial charge in [0.2, 0.25) is 0 Å². The van der Waals surface area contributed by atoms with Crippen molar-refractivity contribution >= 4 is 11.4 Å². The van der Waals surface area contributed by atoms with Gasteiger partial charge in [-0.15, -0.1) is 0 Å². The van der Waals surface area contributed by atoms with Crippen LogP contribution in [0.25, 0.3) is 0 Å². The van der Waals surface area contributed by atoms with E-state index in [0.717, 1.165) is 11.3 Å². The van der Waals surface area contributed by atoms with Crippen molar-refractivity contribution < 1.29 is 4.39 Å². The second-order valence-electron chi connectivity index (χ2n) is 2.44. The van der Waals surface area contributed by atoms with E-state index in [0.29, 0.717) is 0 Å². The van der Waals surface area contributed by atoms with Crippen LogP contribution in [0, 0.1) is 12.7 Å². The molecule has 0 aliphatic carbocycles. The Balaban J connectivity index is 3.21. The summed E-state index contributed by atoms with van der Waals surface area (Å²) in [6.07, 6.45) is 0. The van der Waals surface area contributed by atoms with Gasteiger partial charge in [0, 0.05) is 12.7 Å². The quantitative estimate of drug-likeness (QED) is 0.605. The molecular weight excluding hydrogens is 143 g/mol. The summed E-state index contributed by atoms with van der Waals surface area (Å²) in [4.78, 5) is 0. The van der Waals surface area contributed by atoms with Crippen LogP contribution in [0.2, 0.25) is 0 Å². The van der Waals surface area contributed by atoms with Gasteiger partial charge in [-0.25, -0.2) is 4.39 Å². The molecule has 0 aliphatic heterocycles. The Kier molecular flexibility index (Phi) is 1.98. The lowest BCUT2D eigenvalue weighted by molar-refractivity contribution is 0.632. The molecule has 2 nitrogen and oxygen atoms in total. The smallest absolute Gasteiger partial charge is 0.148 e. The topological polar surface area (TPSA) is 38.0 Å². The van der Waals surface area contributed by atoms with E-state index in [-0.39, 0.29) is 11.5 Å². The average Bonchev–Trinajstić information content (AvgIpc) is 1.99. The van der Waals surface area contributed by atoms with Gasteiger partial charge >= 0.3 is 0 Å². The SMILES string of the molecule is CNc1cc(C)c(N)c(F)c1. The third-order valence-corrected chi connectivity index (χ3v) is 1.63. The van der Waals surface area contributed by atoms with Crippen molar-refractivity contribution in [3.8, 4) is 0 Å². The zero-order chi connectivity index (χ0) is 8.43. The Morgan fingerprint density at radius 3 is 2.55 bits per heavy atom. The van der Waals surface area contributed by atoms with Crippen LogP contribution >= 0.6 is 0 Å². The second kappa shape index (κ2) is 2.78. The number of rotatable bonds is 1. The van der Waals surface area contributed by atoms with Crippen LogP contribution in [0.15, 0.2) is 12.1 Å². The highest BCUT2D eigenvalue weighted by molar-refractivity contribution is 5.57. The molecule has 11 heavy (non-hydrogen) atoms. The fourth-order valence-electron chi connectivity index (χ4n) is 0.900. The van der Waals surface area contributed by atoms with Crippen LogP contribution in [-0.4, -0.2) is 7.05 Å². The lowest BCUT2D eigenvalue weighted by atomic mass is 10.2. The summed E-state index contributed by atoms with van der Waals surface area (Å²) in [5.41, 5.74) is 7.13. The molecule has 0 heterocycles. The van der Waals surface area contributed by atoms with Gasteiger partial charge in [0.15, 0.2) is 0 Å². The Bertz CT molecular complexity index is 248. The summed E-state index contributed by atoms with van der Waals surface area (Å²) in [7, 11) is 1.74. The van der Waals surface area contributed by atoms with E-state index in [2.05, 4.69) is 5.32 Å². The summed E-state index contributed by atoms with van der Waals surface area (Å²) < 4.78 is 12.9. The van der Waals surface area contributed by atoms with Crippen molar-refractivity contribution in [2.75, 3.05) is 18.1 Å². The molecule has 1 aromatic carbocycles. The number of aryl methyl sites for hydroxylation is 1. The maximum atomic E-state index is 12.9. The number of benzene rings is 1. The largest absolute Gasteiger partial charge is 0.396 e. The van der Waals surface area contributed by atoms with Crippen LogP contribution < -0.4 is 11.1 Å². The number of nitrogens with one attached hydrogen (secondary N) is 1. The second-order valence-corrected chi connectivity index (χ2v) is 2.44. The molecular formula is C8H11FN2. The third kappa shape index (κ3) is 1.42. The third-order valence-electron chi connectivity index (χ3n) is 1.63. The molecule has 0 amide bonds. The summed E-state index contributed by atoms with van der Waals surface area (Å²) in [5.74, 6) is -0.366. The Morgan fingerprint density at radius 2 is 2.09 bits per heavy atom. The Hall–Kier alpha value is -1.25. The van der Waals surface area contributed by atoms with Gasteiger partial charge in [-0.3, -0.25) is 0 Å². The molecule has 1 rings (SSSR count). The molecule has 3 N–H and O–H groups in total. The fraction of sp³-hybridized carbons (Fsp3) is 0.250. The van der Waals surface area contributed by atoms with E-state index in [1.165, 1.54) is 6.07 Å². The van der Waals surface area contributed by atoms with E-state index in [1.807, 2.05) is 0 Å². The minimum Gasteiger partial charge on any atom is -0.396 e. The highest BCUT2D eigenvalue weighted by Gasteiger charge is 2.02. The number of anilines is 2. The number of nitrogen functional groups attached to an aromatic ring is 1. The predicted molar refractivity (Wildman–Crippen MR) is 45.1 cm³/mol. The molecule has 0 aliphatic rings. The zero-order valence-electron chi connectivity index (χ0n) is 6.61. The number of halogens is 1. The van der Waals surface area contributed by atoms with E-state index < -0.39 is 0 Å². The average molecular weight is 154 g/mol. The molecule has 0 fully saturated rings. The molecule has 0 saturated heterocycles. The van der Waals surface area contributed by atoms with Gasteiger partial charge in [0.05, 0.1) is 5.69 Å². The van der Waals surface area contributed by atoms with Crippen molar-refractivity contribution in [3.63, 3.8) is 0 Å². The van der Waals surface area contributed by atoms with Crippen molar-refractivity contribution in [1.82, 2.24) is 0 Å². The van der Waals surface area contributed by atoms with E-state index in [9.17, 15) is 4.39 Å². The lowest BCUT2D eigenvalue weighted by Gasteiger charge is -2.05. The molecule has 0 unspecified atom stereocenters. The highest BCUT2D eigenvalue weighted by atomic mass is 19.1. The van der Waals surface area contributed by atoms with Crippen LogP contribution in [0.5, 0.6) is 0 Å². The molecule has 3 heteroatoms. The monoisotopic (exact) mass is 154 g/mol. The Morgan fingerprint density at radius 1 is 1.45 bits per heavy atom. The van der Waals surface area contributed by atoms with Crippen LogP contribution in [0.1, 0.15) is 5.56 Å². The van der Waals surface area contributed by atoms with Crippen LogP contribution in [0.3, 0.4) is 0 Å². The molecule has 60 valence electrons. The maximum absolute atomic E-state index is 12.9. The first-order valence-electron chi connectivity index (χ1n) is 3.38. The molecule has 0 aromatic heterocycles. The summed E-state index contributed by atoms with van der Waals surface area (Å²) in [6, 6.07) is 3.18. The highest BCUT2D eigenvalue weighted by Crippen LogP contribution is 2.20. The maximum Gasteiger partial charge on any atom is 0.148 e. The minimum atomic E-state index is -0.366. The summed E-state index contributed by atoms with van der Waals surface area (Å²) in [6.45, 7) is 1.78. The van der Waals surface area contributed by atoms with Gasteiger partial charge in [-0.05, 0) is 24.6 Å². The number of hydrogen-bond donors (Lipinski definition) is 2. The van der Waals surface area contributed by atoms with Crippen molar-refractivity contribution in [3.05, 3.63) is 23.5 Å². The molecule has 0 saturated carbocycles. The van der Waals surface area contributed by atoms with Crippen molar-refractivity contribution in [2.24, 2.45) is 0 Å². The zero-order valence-corrected chi connectivity index (χ0v) is 6.61. The predicted octanol–water partition coefficient (Wildman–Crippen LogP) is 1.76. The molecule has 0 spiro atoms. The first-order chi connectivity index (χ1) is 5.15. The first kappa shape index (κ1) is 7.85. The van der Waals surface area contributed by atoms with E-state index in [4.69, 9.17) is 5.73 Å². The van der Waals surface area contributed by atoms with Crippen molar-refractivity contribution in [2.45, 2.75) is 6.92 Å². The van der Waals surface area contributed by atoms with Gasteiger partial charge in [0.1, 0.15) is 5.82 Å². The first-order valence-corrected chi connectivity index (χ1v) is 3.38. The Labute approximate surface area is 65.2 Å². The number of nitrogens with two attached hydrogens (primary N) is 1. The summed E-state index contributed by atoms with van der Waals surface area (Å²) >= 11 is 0.